The van der Waals surface area contributed by atoms with Crippen LogP contribution in [0, 0.1) is 0 Å². The topological polar surface area (TPSA) is 123 Å². The number of hydrogen-bond donors (Lipinski definition) is 6. The van der Waals surface area contributed by atoms with Gasteiger partial charge in [0.25, 0.3) is 0 Å². The molecule has 0 fully saturated rings. The van der Waals surface area contributed by atoms with E-state index in [0.717, 1.165) is 42.9 Å². The third kappa shape index (κ3) is 6.06. The lowest BCUT2D eigenvalue weighted by molar-refractivity contribution is -0.118. The summed E-state index contributed by atoms with van der Waals surface area (Å²) in [5, 5.41) is 33.2. The van der Waals surface area contributed by atoms with Gasteiger partial charge < -0.3 is 31.5 Å². The molecule has 0 radical (unpaired) electrons. The average Bonchev–Trinajstić information content (AvgIpc) is 2.78. The second kappa shape index (κ2) is 11.1. The van der Waals surface area contributed by atoms with Crippen molar-refractivity contribution >= 4 is 46.2 Å². The molecule has 2 aromatic rings. The van der Waals surface area contributed by atoms with Gasteiger partial charge in [0.15, 0.2) is 0 Å². The summed E-state index contributed by atoms with van der Waals surface area (Å²) in [4.78, 5) is 23.3. The third-order valence-electron chi connectivity index (χ3n) is 6.66. The van der Waals surface area contributed by atoms with Gasteiger partial charge in [-0.3, -0.25) is 9.59 Å². The first-order valence-electron chi connectivity index (χ1n) is 12.8. The van der Waals surface area contributed by atoms with Crippen LogP contribution in [0.15, 0.2) is 18.2 Å². The summed E-state index contributed by atoms with van der Waals surface area (Å²) in [5.41, 5.74) is 3.36. The molecule has 2 amide bonds. The van der Waals surface area contributed by atoms with E-state index in [1.54, 1.807) is 6.07 Å². The second-order valence-electron chi connectivity index (χ2n) is 11.0. The predicted molar refractivity (Wildman–Crippen MR) is 151 cm³/mol. The molecule has 2 aromatic carbocycles. The maximum Gasteiger partial charge on any atom is 0.225 e. The van der Waals surface area contributed by atoms with Gasteiger partial charge in [-0.1, -0.05) is 53.1 Å². The van der Waals surface area contributed by atoms with Crippen molar-refractivity contribution in [3.8, 4) is 11.5 Å². The van der Waals surface area contributed by atoms with E-state index in [0.29, 0.717) is 34.8 Å². The molecule has 0 aromatic heterocycles. The average molecular weight is 531 g/mol. The van der Waals surface area contributed by atoms with Gasteiger partial charge in [0.05, 0.1) is 22.1 Å². The SMILES string of the molecule is CCCNc1cc(Cl)c2c(c1O)C(C)(C)CC(=O)N2.CCCNc1ccc2c(c1O)C(C)(C)CC(=O)N2. The minimum absolute atomic E-state index is 0.00108. The highest BCUT2D eigenvalue weighted by molar-refractivity contribution is 6.34. The van der Waals surface area contributed by atoms with Crippen molar-refractivity contribution in [3.63, 3.8) is 0 Å². The van der Waals surface area contributed by atoms with Crippen LogP contribution in [0.5, 0.6) is 11.5 Å². The lowest BCUT2D eigenvalue weighted by atomic mass is 9.77. The number of nitrogens with one attached hydrogen (secondary N) is 4. The normalized spacial score (nSPS) is 16.8. The van der Waals surface area contributed by atoms with Crippen molar-refractivity contribution in [1.82, 2.24) is 0 Å². The summed E-state index contributed by atoms with van der Waals surface area (Å²) in [7, 11) is 0. The van der Waals surface area contributed by atoms with Crippen LogP contribution in [0.2, 0.25) is 5.02 Å². The number of amides is 2. The molecule has 0 atom stereocenters. The van der Waals surface area contributed by atoms with Crippen LogP contribution in [-0.4, -0.2) is 35.1 Å². The Morgan fingerprint density at radius 3 is 1.95 bits per heavy atom. The van der Waals surface area contributed by atoms with E-state index in [4.69, 9.17) is 11.6 Å². The summed E-state index contributed by atoms with van der Waals surface area (Å²) in [6, 6.07) is 5.32. The molecule has 0 aliphatic carbocycles. The molecule has 0 bridgehead atoms. The van der Waals surface area contributed by atoms with Crippen molar-refractivity contribution in [1.29, 1.82) is 0 Å². The van der Waals surface area contributed by atoms with Crippen molar-refractivity contribution in [2.75, 3.05) is 34.4 Å². The van der Waals surface area contributed by atoms with Gasteiger partial charge >= 0.3 is 0 Å². The van der Waals surface area contributed by atoms with Crippen molar-refractivity contribution in [2.45, 2.75) is 78.1 Å². The van der Waals surface area contributed by atoms with Gasteiger partial charge in [-0.25, -0.2) is 0 Å². The third-order valence-corrected chi connectivity index (χ3v) is 6.96. The number of anilines is 4. The molecule has 202 valence electrons. The molecule has 0 saturated heterocycles. The molecule has 9 heteroatoms. The summed E-state index contributed by atoms with van der Waals surface area (Å²) in [6.45, 7) is 13.5. The molecule has 4 rings (SSSR count). The van der Waals surface area contributed by atoms with E-state index >= 15 is 0 Å². The second-order valence-corrected chi connectivity index (χ2v) is 11.4. The molecular formula is C28H39ClN4O4. The first kappa shape index (κ1) is 28.4. The lowest BCUT2D eigenvalue weighted by Crippen LogP contribution is -2.33. The highest BCUT2D eigenvalue weighted by Crippen LogP contribution is 2.49. The smallest absolute Gasteiger partial charge is 0.225 e. The maximum absolute atomic E-state index is 11.7. The van der Waals surface area contributed by atoms with Gasteiger partial charge in [-0.15, -0.1) is 0 Å². The predicted octanol–water partition coefficient (Wildman–Crippen LogP) is 6.32. The van der Waals surface area contributed by atoms with Crippen LogP contribution in [-0.2, 0) is 20.4 Å². The zero-order valence-corrected chi connectivity index (χ0v) is 23.3. The fourth-order valence-electron chi connectivity index (χ4n) is 4.96. The zero-order chi connectivity index (χ0) is 27.5. The molecule has 2 aliphatic heterocycles. The molecule has 0 saturated carbocycles. The molecule has 2 heterocycles. The van der Waals surface area contributed by atoms with Gasteiger partial charge in [0.2, 0.25) is 11.8 Å². The number of carbonyl (C=O) groups is 2. The number of phenolic OH excluding ortho intramolecular Hbond substituents is 2. The number of fused-ring (bicyclic) bond motifs is 2. The Labute approximate surface area is 224 Å². The Balaban J connectivity index is 0.000000206. The standard InChI is InChI=1S/C14H19ClN2O2.C14H20N2O2/c1-4-5-16-9-6-8(15)12-11(13(9)19)14(2,3)7-10(18)17-12;1-4-7-15-10-6-5-9-12(13(10)18)14(2,3)8-11(17)16-9/h6,16,19H,4-5,7H2,1-3H3,(H,17,18);5-6,15,18H,4,7-8H2,1-3H3,(H,16,17). The monoisotopic (exact) mass is 530 g/mol. The van der Waals surface area contributed by atoms with Crippen LogP contribution >= 0.6 is 11.6 Å². The minimum atomic E-state index is -0.435. The maximum atomic E-state index is 11.7. The number of rotatable bonds is 6. The first-order chi connectivity index (χ1) is 17.3. The van der Waals surface area contributed by atoms with Crippen LogP contribution in [0.1, 0.15) is 78.4 Å². The summed E-state index contributed by atoms with van der Waals surface area (Å²) < 4.78 is 0. The zero-order valence-electron chi connectivity index (χ0n) is 22.6. The van der Waals surface area contributed by atoms with E-state index in [9.17, 15) is 19.8 Å². The van der Waals surface area contributed by atoms with Crippen LogP contribution in [0.4, 0.5) is 22.7 Å². The lowest BCUT2D eigenvalue weighted by Gasteiger charge is -2.34. The minimum Gasteiger partial charge on any atom is -0.505 e. The van der Waals surface area contributed by atoms with E-state index < -0.39 is 5.41 Å². The van der Waals surface area contributed by atoms with E-state index in [-0.39, 0.29) is 28.7 Å². The summed E-state index contributed by atoms with van der Waals surface area (Å²) >= 11 is 6.22. The molecule has 0 spiro atoms. The van der Waals surface area contributed by atoms with E-state index in [1.165, 1.54) is 0 Å². The number of halogens is 1. The number of phenols is 2. The molecular weight excluding hydrogens is 492 g/mol. The number of aromatic hydroxyl groups is 2. The molecule has 6 N–H and O–H groups in total. The molecule has 37 heavy (non-hydrogen) atoms. The van der Waals surface area contributed by atoms with Crippen LogP contribution in [0.25, 0.3) is 0 Å². The Hall–Kier alpha value is -3.13. The number of benzene rings is 2. The van der Waals surface area contributed by atoms with Gasteiger partial charge in [-0.05, 0) is 31.0 Å². The fraction of sp³-hybridized carbons (Fsp3) is 0.500. The van der Waals surface area contributed by atoms with Gasteiger partial charge in [0, 0.05) is 53.6 Å². The van der Waals surface area contributed by atoms with E-state index in [1.807, 2.05) is 46.8 Å². The Morgan fingerprint density at radius 1 is 0.838 bits per heavy atom. The quantitative estimate of drug-likeness (QED) is 0.243. The highest BCUT2D eigenvalue weighted by atomic mass is 35.5. The van der Waals surface area contributed by atoms with Gasteiger partial charge in [0.1, 0.15) is 11.5 Å². The van der Waals surface area contributed by atoms with Gasteiger partial charge in [-0.2, -0.15) is 0 Å². The van der Waals surface area contributed by atoms with E-state index in [2.05, 4.69) is 28.2 Å². The number of hydrogen-bond acceptors (Lipinski definition) is 6. The van der Waals surface area contributed by atoms with Crippen LogP contribution < -0.4 is 21.3 Å². The van der Waals surface area contributed by atoms with Crippen molar-refractivity contribution in [2.24, 2.45) is 0 Å². The Morgan fingerprint density at radius 2 is 1.35 bits per heavy atom. The number of carbonyl (C=O) groups excluding carboxylic acids is 2. The Bertz CT molecular complexity index is 1190. The molecule has 8 nitrogen and oxygen atoms in total. The van der Waals surface area contributed by atoms with Crippen molar-refractivity contribution in [3.05, 3.63) is 34.3 Å². The fourth-order valence-corrected chi connectivity index (χ4v) is 5.21. The Kier molecular flexibility index (Phi) is 8.52. The van der Waals surface area contributed by atoms with Crippen LogP contribution in [0.3, 0.4) is 0 Å². The highest BCUT2D eigenvalue weighted by Gasteiger charge is 2.37. The molecule has 2 aliphatic rings. The summed E-state index contributed by atoms with van der Waals surface area (Å²) in [5.74, 6) is 0.359. The molecule has 0 unspecified atom stereocenters. The van der Waals surface area contributed by atoms with Crippen molar-refractivity contribution < 1.29 is 19.8 Å². The first-order valence-corrected chi connectivity index (χ1v) is 13.2. The largest absolute Gasteiger partial charge is 0.505 e. The summed E-state index contributed by atoms with van der Waals surface area (Å²) in [6.07, 6.45) is 2.68.